The molecule has 1 aromatic rings. The summed E-state index contributed by atoms with van der Waals surface area (Å²) in [6, 6.07) is 5.45. The van der Waals surface area contributed by atoms with Gasteiger partial charge in [-0.2, -0.15) is 0 Å². The first kappa shape index (κ1) is 10.7. The molecule has 0 radical (unpaired) electrons. The molecular weight excluding hydrogens is 180 g/mol. The fourth-order valence-corrected chi connectivity index (χ4v) is 1.30. The zero-order valence-corrected chi connectivity index (χ0v) is 8.19. The Morgan fingerprint density at radius 2 is 2.29 bits per heavy atom. The van der Waals surface area contributed by atoms with E-state index in [0.717, 1.165) is 18.3 Å². The van der Waals surface area contributed by atoms with Crippen molar-refractivity contribution in [2.24, 2.45) is 0 Å². The quantitative estimate of drug-likeness (QED) is 0.721. The second kappa shape index (κ2) is 5.40. The Balaban J connectivity index is 2.99. The molecule has 0 saturated carbocycles. The van der Waals surface area contributed by atoms with Crippen LogP contribution in [-0.2, 0) is 6.42 Å². The Kier molecular flexibility index (Phi) is 4.13. The van der Waals surface area contributed by atoms with E-state index in [1.165, 1.54) is 0 Å². The lowest BCUT2D eigenvalue weighted by atomic mass is 10.1. The van der Waals surface area contributed by atoms with Crippen molar-refractivity contribution in [3.8, 4) is 5.75 Å². The summed E-state index contributed by atoms with van der Waals surface area (Å²) in [4.78, 5) is 10.7. The number of aliphatic hydroxyl groups excluding tert-OH is 1. The lowest BCUT2D eigenvalue weighted by Gasteiger charge is -2.11. The minimum atomic E-state index is -0.0453. The predicted molar refractivity (Wildman–Crippen MR) is 53.8 cm³/mol. The maximum absolute atomic E-state index is 10.7. The zero-order valence-electron chi connectivity index (χ0n) is 8.19. The van der Waals surface area contributed by atoms with Crippen molar-refractivity contribution in [2.45, 2.75) is 13.3 Å². The third kappa shape index (κ3) is 2.33. The van der Waals surface area contributed by atoms with Crippen LogP contribution in [0.1, 0.15) is 22.8 Å². The summed E-state index contributed by atoms with van der Waals surface area (Å²) in [7, 11) is 0. The van der Waals surface area contributed by atoms with Crippen molar-refractivity contribution in [3.05, 3.63) is 29.3 Å². The van der Waals surface area contributed by atoms with Crippen LogP contribution < -0.4 is 4.74 Å². The molecule has 0 spiro atoms. The average molecular weight is 194 g/mol. The second-order valence-electron chi connectivity index (χ2n) is 2.88. The normalized spacial score (nSPS) is 9.86. The number of aryl methyl sites for hydroxylation is 1. The van der Waals surface area contributed by atoms with Gasteiger partial charge in [0.15, 0.2) is 6.29 Å². The van der Waals surface area contributed by atoms with Crippen LogP contribution in [0.25, 0.3) is 0 Å². The molecule has 0 unspecified atom stereocenters. The van der Waals surface area contributed by atoms with Crippen LogP contribution in [0, 0.1) is 0 Å². The van der Waals surface area contributed by atoms with Gasteiger partial charge in [0.2, 0.25) is 0 Å². The molecule has 0 heterocycles. The Labute approximate surface area is 83.3 Å². The summed E-state index contributed by atoms with van der Waals surface area (Å²) >= 11 is 0. The Bertz CT molecular complexity index is 307. The van der Waals surface area contributed by atoms with E-state index in [4.69, 9.17) is 9.84 Å². The summed E-state index contributed by atoms with van der Waals surface area (Å²) in [5, 5.41) is 8.64. The van der Waals surface area contributed by atoms with Gasteiger partial charge in [0.05, 0.1) is 12.2 Å². The first-order valence-electron chi connectivity index (χ1n) is 4.64. The second-order valence-corrected chi connectivity index (χ2v) is 2.88. The highest BCUT2D eigenvalue weighted by Crippen LogP contribution is 2.23. The Morgan fingerprint density at radius 3 is 2.86 bits per heavy atom. The van der Waals surface area contributed by atoms with E-state index in [9.17, 15) is 4.79 Å². The molecule has 0 bridgehead atoms. The number of aldehydes is 1. The summed E-state index contributed by atoms with van der Waals surface area (Å²) in [5.41, 5.74) is 1.53. The minimum absolute atomic E-state index is 0.0453. The molecule has 0 fully saturated rings. The maximum Gasteiger partial charge on any atom is 0.153 e. The number of para-hydroxylation sites is 1. The van der Waals surface area contributed by atoms with Crippen LogP contribution in [0.5, 0.6) is 5.75 Å². The van der Waals surface area contributed by atoms with Crippen molar-refractivity contribution in [2.75, 3.05) is 13.2 Å². The van der Waals surface area contributed by atoms with E-state index in [-0.39, 0.29) is 13.2 Å². The molecule has 0 atom stereocenters. The number of carbonyl (C=O) groups is 1. The van der Waals surface area contributed by atoms with E-state index in [1.54, 1.807) is 6.07 Å². The molecule has 3 heteroatoms. The number of hydrogen-bond acceptors (Lipinski definition) is 3. The Hall–Kier alpha value is -1.35. The van der Waals surface area contributed by atoms with Crippen molar-refractivity contribution in [3.63, 3.8) is 0 Å². The molecule has 1 aromatic carbocycles. The largest absolute Gasteiger partial charge is 0.490 e. The number of rotatable bonds is 5. The third-order valence-corrected chi connectivity index (χ3v) is 1.97. The van der Waals surface area contributed by atoms with E-state index in [1.807, 2.05) is 19.1 Å². The van der Waals surface area contributed by atoms with Crippen LogP contribution in [0.15, 0.2) is 18.2 Å². The summed E-state index contributed by atoms with van der Waals surface area (Å²) in [6.07, 6.45) is 1.58. The van der Waals surface area contributed by atoms with Gasteiger partial charge in [-0.15, -0.1) is 0 Å². The van der Waals surface area contributed by atoms with Crippen LogP contribution in [0.2, 0.25) is 0 Å². The predicted octanol–water partition coefficient (Wildman–Crippen LogP) is 1.43. The highest BCUT2D eigenvalue weighted by Gasteiger charge is 2.07. The SMILES string of the molecule is CCc1cccc(C=O)c1OCCO. The van der Waals surface area contributed by atoms with Gasteiger partial charge in [-0.05, 0) is 18.1 Å². The van der Waals surface area contributed by atoms with Crippen LogP contribution in [0.3, 0.4) is 0 Å². The molecule has 76 valence electrons. The van der Waals surface area contributed by atoms with Crippen molar-refractivity contribution in [1.29, 1.82) is 0 Å². The Morgan fingerprint density at radius 1 is 1.50 bits per heavy atom. The molecular formula is C11H14O3. The van der Waals surface area contributed by atoms with Gasteiger partial charge in [-0.25, -0.2) is 0 Å². The number of carbonyl (C=O) groups excluding carboxylic acids is 1. The lowest BCUT2D eigenvalue weighted by Crippen LogP contribution is -2.05. The van der Waals surface area contributed by atoms with E-state index in [0.29, 0.717) is 11.3 Å². The average Bonchev–Trinajstić information content (AvgIpc) is 2.25. The first-order valence-corrected chi connectivity index (χ1v) is 4.64. The fraction of sp³-hybridized carbons (Fsp3) is 0.364. The fourth-order valence-electron chi connectivity index (χ4n) is 1.30. The number of ether oxygens (including phenoxy) is 1. The molecule has 0 aliphatic rings. The van der Waals surface area contributed by atoms with Crippen molar-refractivity contribution in [1.82, 2.24) is 0 Å². The monoisotopic (exact) mass is 194 g/mol. The highest BCUT2D eigenvalue weighted by molar-refractivity contribution is 5.80. The van der Waals surface area contributed by atoms with E-state index >= 15 is 0 Å². The van der Waals surface area contributed by atoms with Gasteiger partial charge in [0.25, 0.3) is 0 Å². The first-order chi connectivity index (χ1) is 6.83. The molecule has 0 aliphatic heterocycles. The number of hydrogen-bond donors (Lipinski definition) is 1. The van der Waals surface area contributed by atoms with Crippen LogP contribution >= 0.6 is 0 Å². The van der Waals surface area contributed by atoms with Gasteiger partial charge in [0, 0.05) is 0 Å². The zero-order chi connectivity index (χ0) is 10.4. The lowest BCUT2D eigenvalue weighted by molar-refractivity contribution is 0.111. The number of benzene rings is 1. The van der Waals surface area contributed by atoms with Crippen LogP contribution in [0.4, 0.5) is 0 Å². The smallest absolute Gasteiger partial charge is 0.153 e. The van der Waals surface area contributed by atoms with Gasteiger partial charge in [-0.1, -0.05) is 19.1 Å². The van der Waals surface area contributed by atoms with Crippen molar-refractivity contribution < 1.29 is 14.6 Å². The summed E-state index contributed by atoms with van der Waals surface area (Å²) in [5.74, 6) is 0.596. The molecule has 14 heavy (non-hydrogen) atoms. The van der Waals surface area contributed by atoms with E-state index in [2.05, 4.69) is 0 Å². The molecule has 0 amide bonds. The molecule has 0 saturated heterocycles. The van der Waals surface area contributed by atoms with Gasteiger partial charge >= 0.3 is 0 Å². The van der Waals surface area contributed by atoms with Gasteiger partial charge < -0.3 is 9.84 Å². The van der Waals surface area contributed by atoms with Gasteiger partial charge in [-0.3, -0.25) is 4.79 Å². The highest BCUT2D eigenvalue weighted by atomic mass is 16.5. The van der Waals surface area contributed by atoms with E-state index < -0.39 is 0 Å². The van der Waals surface area contributed by atoms with Crippen LogP contribution in [-0.4, -0.2) is 24.6 Å². The third-order valence-electron chi connectivity index (χ3n) is 1.97. The minimum Gasteiger partial charge on any atom is -0.490 e. The molecule has 1 rings (SSSR count). The number of aliphatic hydroxyl groups is 1. The molecule has 0 aliphatic carbocycles. The van der Waals surface area contributed by atoms with Gasteiger partial charge in [0.1, 0.15) is 12.4 Å². The van der Waals surface area contributed by atoms with Crippen molar-refractivity contribution >= 4 is 6.29 Å². The molecule has 3 nitrogen and oxygen atoms in total. The molecule has 1 N–H and O–H groups in total. The summed E-state index contributed by atoms with van der Waals surface area (Å²) < 4.78 is 5.32. The summed E-state index contributed by atoms with van der Waals surface area (Å²) in [6.45, 7) is 2.17. The standard InChI is InChI=1S/C11H14O3/c1-2-9-4-3-5-10(8-13)11(9)14-7-6-12/h3-5,8,12H,2,6-7H2,1H3. The topological polar surface area (TPSA) is 46.5 Å². The molecule has 0 aromatic heterocycles. The maximum atomic E-state index is 10.7.